The molecule has 0 radical (unpaired) electrons. The van der Waals surface area contributed by atoms with Gasteiger partial charge in [-0.1, -0.05) is 35.4 Å². The lowest BCUT2D eigenvalue weighted by Gasteiger charge is -2.31. The van der Waals surface area contributed by atoms with Crippen LogP contribution in [0.4, 0.5) is 10.3 Å². The van der Waals surface area contributed by atoms with Crippen molar-refractivity contribution in [3.05, 3.63) is 70.5 Å². The minimum Gasteiger partial charge on any atom is -0.346 e. The summed E-state index contributed by atoms with van der Waals surface area (Å²) < 4.78 is 15.0. The van der Waals surface area contributed by atoms with E-state index in [-0.39, 0.29) is 17.9 Å². The maximum absolute atomic E-state index is 13.3. The maximum Gasteiger partial charge on any atom is 0.243 e. The van der Waals surface area contributed by atoms with Crippen LogP contribution in [0.1, 0.15) is 40.8 Å². The van der Waals surface area contributed by atoms with Crippen LogP contribution in [0.15, 0.2) is 42.5 Å². The fourth-order valence-corrected chi connectivity index (χ4v) is 3.20. The van der Waals surface area contributed by atoms with Crippen molar-refractivity contribution >= 4 is 5.95 Å². The summed E-state index contributed by atoms with van der Waals surface area (Å²) in [5, 5.41) is 15.4. The first-order valence-electron chi connectivity index (χ1n) is 7.99. The number of nitrogens with zero attached hydrogens (tertiary/aromatic N) is 4. The Morgan fingerprint density at radius 1 is 1.04 bits per heavy atom. The Kier molecular flexibility index (Phi) is 3.52. The fraction of sp³-hybridized carbons (Fsp3) is 0.278. The van der Waals surface area contributed by atoms with Crippen LogP contribution in [0, 0.1) is 19.7 Å². The average molecular weight is 323 g/mol. The monoisotopic (exact) mass is 323 g/mol. The highest BCUT2D eigenvalue weighted by molar-refractivity contribution is 5.40. The summed E-state index contributed by atoms with van der Waals surface area (Å²) in [4.78, 5) is 0. The first-order chi connectivity index (χ1) is 11.6. The SMILES string of the molecule is Cc1ccc([C@@H]2C[C@H](c3ccc(F)cc3)n3nnnc3N2)cc1C. The molecule has 5 nitrogen and oxygen atoms in total. The zero-order valence-electron chi connectivity index (χ0n) is 13.6. The van der Waals surface area contributed by atoms with Crippen LogP contribution in [0.5, 0.6) is 0 Å². The number of hydrogen-bond donors (Lipinski definition) is 1. The number of aromatic nitrogens is 4. The zero-order valence-corrected chi connectivity index (χ0v) is 13.6. The predicted molar refractivity (Wildman–Crippen MR) is 89.3 cm³/mol. The van der Waals surface area contributed by atoms with Crippen LogP contribution in [0.25, 0.3) is 0 Å². The van der Waals surface area contributed by atoms with Gasteiger partial charge in [-0.2, -0.15) is 0 Å². The molecule has 24 heavy (non-hydrogen) atoms. The third kappa shape index (κ3) is 2.54. The maximum atomic E-state index is 13.3. The van der Waals surface area contributed by atoms with Crippen LogP contribution in [-0.2, 0) is 0 Å². The molecule has 0 unspecified atom stereocenters. The van der Waals surface area contributed by atoms with E-state index in [9.17, 15) is 4.39 Å². The molecule has 1 aliphatic rings. The first-order valence-corrected chi connectivity index (χ1v) is 7.99. The van der Waals surface area contributed by atoms with Crippen LogP contribution in [0.3, 0.4) is 0 Å². The van der Waals surface area contributed by atoms with Crippen LogP contribution >= 0.6 is 0 Å². The molecule has 1 aromatic heterocycles. The van der Waals surface area contributed by atoms with E-state index in [1.165, 1.54) is 28.8 Å². The number of nitrogens with one attached hydrogen (secondary N) is 1. The van der Waals surface area contributed by atoms with Crippen molar-refractivity contribution in [3.63, 3.8) is 0 Å². The minimum absolute atomic E-state index is 0.0246. The highest BCUT2D eigenvalue weighted by Crippen LogP contribution is 2.37. The Morgan fingerprint density at radius 2 is 1.79 bits per heavy atom. The fourth-order valence-electron chi connectivity index (χ4n) is 3.20. The van der Waals surface area contributed by atoms with Crippen molar-refractivity contribution < 1.29 is 4.39 Å². The van der Waals surface area contributed by atoms with E-state index in [0.717, 1.165) is 12.0 Å². The average Bonchev–Trinajstić information content (AvgIpc) is 3.06. The lowest BCUT2D eigenvalue weighted by molar-refractivity contribution is 0.423. The van der Waals surface area contributed by atoms with Crippen LogP contribution in [0.2, 0.25) is 0 Å². The third-order valence-corrected chi connectivity index (χ3v) is 4.74. The van der Waals surface area contributed by atoms with E-state index in [1.807, 2.05) is 0 Å². The Labute approximate surface area is 139 Å². The summed E-state index contributed by atoms with van der Waals surface area (Å²) in [6, 6.07) is 13.1. The van der Waals surface area contributed by atoms with Gasteiger partial charge in [0.1, 0.15) is 5.82 Å². The quantitative estimate of drug-likeness (QED) is 0.783. The Balaban J connectivity index is 1.72. The summed E-state index contributed by atoms with van der Waals surface area (Å²) in [7, 11) is 0. The smallest absolute Gasteiger partial charge is 0.243 e. The molecule has 0 bridgehead atoms. The number of hydrogen-bond acceptors (Lipinski definition) is 4. The molecular weight excluding hydrogens is 305 g/mol. The van der Waals surface area contributed by atoms with Gasteiger partial charge >= 0.3 is 0 Å². The molecule has 1 aliphatic heterocycles. The van der Waals surface area contributed by atoms with Crippen LogP contribution < -0.4 is 5.32 Å². The summed E-state index contributed by atoms with van der Waals surface area (Å²) in [5.74, 6) is 0.397. The van der Waals surface area contributed by atoms with Gasteiger partial charge in [-0.05, 0) is 65.1 Å². The van der Waals surface area contributed by atoms with Crippen molar-refractivity contribution in [3.8, 4) is 0 Å². The molecular formula is C18H18FN5. The lowest BCUT2D eigenvalue weighted by Crippen LogP contribution is -2.28. The molecule has 2 heterocycles. The molecule has 2 atom stereocenters. The second-order valence-electron chi connectivity index (χ2n) is 6.29. The molecule has 3 aromatic rings. The molecule has 0 aliphatic carbocycles. The number of benzene rings is 2. The van der Waals surface area contributed by atoms with Gasteiger partial charge < -0.3 is 5.32 Å². The minimum atomic E-state index is -0.240. The van der Waals surface area contributed by atoms with Crippen molar-refractivity contribution in [2.45, 2.75) is 32.4 Å². The molecule has 0 saturated heterocycles. The van der Waals surface area contributed by atoms with Crippen molar-refractivity contribution in [1.29, 1.82) is 0 Å². The van der Waals surface area contributed by atoms with Gasteiger partial charge in [-0.15, -0.1) is 0 Å². The molecule has 0 fully saturated rings. The molecule has 6 heteroatoms. The Hall–Kier alpha value is -2.76. The first kappa shape index (κ1) is 14.8. The van der Waals surface area contributed by atoms with E-state index < -0.39 is 0 Å². The molecule has 2 aromatic carbocycles. The number of fused-ring (bicyclic) bond motifs is 1. The Morgan fingerprint density at radius 3 is 2.54 bits per heavy atom. The van der Waals surface area contributed by atoms with E-state index >= 15 is 0 Å². The van der Waals surface area contributed by atoms with Gasteiger partial charge in [0.25, 0.3) is 0 Å². The van der Waals surface area contributed by atoms with Crippen LogP contribution in [-0.4, -0.2) is 20.2 Å². The normalized spacial score (nSPS) is 19.6. The third-order valence-electron chi connectivity index (χ3n) is 4.74. The van der Waals surface area contributed by atoms with Gasteiger partial charge in [0.05, 0.1) is 12.1 Å². The Bertz CT molecular complexity index is 871. The largest absolute Gasteiger partial charge is 0.346 e. The molecule has 0 amide bonds. The number of rotatable bonds is 2. The number of halogens is 1. The van der Waals surface area contributed by atoms with E-state index in [0.29, 0.717) is 5.95 Å². The van der Waals surface area contributed by atoms with E-state index in [1.54, 1.807) is 16.8 Å². The summed E-state index contributed by atoms with van der Waals surface area (Å²) in [6.07, 6.45) is 0.798. The van der Waals surface area contributed by atoms with Gasteiger partial charge in [0.15, 0.2) is 0 Å². The van der Waals surface area contributed by atoms with E-state index in [2.05, 4.69) is 52.9 Å². The summed E-state index contributed by atoms with van der Waals surface area (Å²) in [5.41, 5.74) is 4.74. The summed E-state index contributed by atoms with van der Waals surface area (Å²) >= 11 is 0. The highest BCUT2D eigenvalue weighted by Gasteiger charge is 2.30. The van der Waals surface area contributed by atoms with Gasteiger partial charge in [0, 0.05) is 0 Å². The number of aryl methyl sites for hydroxylation is 2. The van der Waals surface area contributed by atoms with Crippen molar-refractivity contribution in [2.75, 3.05) is 5.32 Å². The van der Waals surface area contributed by atoms with Gasteiger partial charge in [0.2, 0.25) is 5.95 Å². The summed E-state index contributed by atoms with van der Waals surface area (Å²) in [6.45, 7) is 4.22. The highest BCUT2D eigenvalue weighted by atomic mass is 19.1. The number of tetrazole rings is 1. The molecule has 122 valence electrons. The standard InChI is InChI=1S/C18H18FN5/c1-11-3-4-14(9-12(11)2)16-10-17(13-5-7-15(19)8-6-13)24-18(20-16)21-22-23-24/h3-9,16-17H,10H2,1-2H3,(H,20,21,23)/t16-,17+/m0/s1. The molecule has 0 saturated carbocycles. The van der Waals surface area contributed by atoms with Gasteiger partial charge in [-0.25, -0.2) is 9.07 Å². The van der Waals surface area contributed by atoms with Crippen molar-refractivity contribution in [2.24, 2.45) is 0 Å². The second kappa shape index (κ2) is 5.70. The molecule has 0 spiro atoms. The number of anilines is 1. The van der Waals surface area contributed by atoms with Crippen molar-refractivity contribution in [1.82, 2.24) is 20.2 Å². The molecule has 1 N–H and O–H groups in total. The lowest BCUT2D eigenvalue weighted by atomic mass is 9.92. The zero-order chi connectivity index (χ0) is 16.7. The predicted octanol–water partition coefficient (Wildman–Crippen LogP) is 3.58. The van der Waals surface area contributed by atoms with E-state index in [4.69, 9.17) is 0 Å². The van der Waals surface area contributed by atoms with Gasteiger partial charge in [-0.3, -0.25) is 0 Å². The molecule has 4 rings (SSSR count). The topological polar surface area (TPSA) is 55.6 Å². The second-order valence-corrected chi connectivity index (χ2v) is 6.29.